The molecule has 4 rings (SSSR count). The second-order valence-electron chi connectivity index (χ2n) is 6.48. The largest absolute Gasteiger partial charge is 0.493 e. The van der Waals surface area contributed by atoms with Crippen molar-refractivity contribution < 1.29 is 18.9 Å². The fourth-order valence-electron chi connectivity index (χ4n) is 3.49. The van der Waals surface area contributed by atoms with E-state index in [0.29, 0.717) is 36.5 Å². The fraction of sp³-hybridized carbons (Fsp3) is 0.556. The number of ether oxygens (including phenoxy) is 4. The molecule has 0 atom stereocenters. The first kappa shape index (κ1) is 17.7. The maximum Gasteiger partial charge on any atom is 0.170 e. The molecule has 0 bridgehead atoms. The first-order valence-electron chi connectivity index (χ1n) is 8.80. The lowest BCUT2D eigenvalue weighted by Crippen LogP contribution is -2.46. The Morgan fingerprint density at radius 3 is 2.65 bits per heavy atom. The highest BCUT2D eigenvalue weighted by molar-refractivity contribution is 6.34. The van der Waals surface area contributed by atoms with Crippen LogP contribution in [-0.4, -0.2) is 67.2 Å². The number of likely N-dealkylation sites (tertiary alicyclic amines) is 1. The maximum absolute atomic E-state index is 6.12. The van der Waals surface area contributed by atoms with Gasteiger partial charge in [-0.05, 0) is 6.07 Å². The Hall–Kier alpha value is -1.67. The van der Waals surface area contributed by atoms with E-state index in [4.69, 9.17) is 30.5 Å². The SMILES string of the molecule is COc1cc2c(Cl)ncnc2cc1OCCN1CCC2(CC1)OCCO2. The molecule has 1 aromatic carbocycles. The number of piperidine rings is 1. The lowest BCUT2D eigenvalue weighted by atomic mass is 10.0. The second-order valence-corrected chi connectivity index (χ2v) is 6.84. The molecule has 2 aliphatic heterocycles. The molecule has 0 amide bonds. The predicted octanol–water partition coefficient (Wildman–Crippen LogP) is 2.51. The van der Waals surface area contributed by atoms with E-state index in [0.717, 1.165) is 43.4 Å². The van der Waals surface area contributed by atoms with Crippen LogP contribution >= 0.6 is 11.6 Å². The minimum atomic E-state index is -0.335. The molecule has 2 aliphatic rings. The van der Waals surface area contributed by atoms with E-state index in [2.05, 4.69) is 14.9 Å². The normalized spacial score (nSPS) is 19.9. The summed E-state index contributed by atoms with van der Waals surface area (Å²) in [6.07, 6.45) is 3.25. The third-order valence-corrected chi connectivity index (χ3v) is 5.27. The van der Waals surface area contributed by atoms with Crippen LogP contribution in [0, 0.1) is 0 Å². The topological polar surface area (TPSA) is 65.9 Å². The van der Waals surface area contributed by atoms with Gasteiger partial charge in [0.05, 0.1) is 25.8 Å². The van der Waals surface area contributed by atoms with Crippen molar-refractivity contribution >= 4 is 22.5 Å². The Bertz CT molecular complexity index is 772. The van der Waals surface area contributed by atoms with Gasteiger partial charge in [0.15, 0.2) is 17.3 Å². The van der Waals surface area contributed by atoms with Crippen LogP contribution in [0.4, 0.5) is 0 Å². The minimum absolute atomic E-state index is 0.335. The number of rotatable bonds is 5. The van der Waals surface area contributed by atoms with Gasteiger partial charge in [0.25, 0.3) is 0 Å². The molecule has 1 spiro atoms. The summed E-state index contributed by atoms with van der Waals surface area (Å²) in [4.78, 5) is 10.6. The van der Waals surface area contributed by atoms with Gasteiger partial charge in [-0.1, -0.05) is 11.6 Å². The Morgan fingerprint density at radius 1 is 1.15 bits per heavy atom. The molecule has 8 heteroatoms. The first-order valence-corrected chi connectivity index (χ1v) is 9.18. The molecule has 2 saturated heterocycles. The third kappa shape index (κ3) is 3.57. The molecule has 2 aromatic rings. The van der Waals surface area contributed by atoms with E-state index in [9.17, 15) is 0 Å². The smallest absolute Gasteiger partial charge is 0.170 e. The van der Waals surface area contributed by atoms with Crippen molar-refractivity contribution in [3.63, 3.8) is 0 Å². The minimum Gasteiger partial charge on any atom is -0.493 e. The van der Waals surface area contributed by atoms with Gasteiger partial charge in [-0.2, -0.15) is 0 Å². The molecule has 0 unspecified atom stereocenters. The van der Waals surface area contributed by atoms with E-state index in [1.807, 2.05) is 12.1 Å². The predicted molar refractivity (Wildman–Crippen MR) is 96.9 cm³/mol. The summed E-state index contributed by atoms with van der Waals surface area (Å²) in [6, 6.07) is 3.65. The number of halogens is 1. The van der Waals surface area contributed by atoms with Crippen molar-refractivity contribution in [3.05, 3.63) is 23.6 Å². The molecule has 0 radical (unpaired) electrons. The summed E-state index contributed by atoms with van der Waals surface area (Å²) in [5, 5.41) is 1.15. The van der Waals surface area contributed by atoms with Crippen LogP contribution in [0.15, 0.2) is 18.5 Å². The van der Waals surface area contributed by atoms with Crippen molar-refractivity contribution in [3.8, 4) is 11.5 Å². The van der Waals surface area contributed by atoms with Crippen LogP contribution in [0.1, 0.15) is 12.8 Å². The van der Waals surface area contributed by atoms with Gasteiger partial charge in [0.1, 0.15) is 18.1 Å². The Kier molecular flexibility index (Phi) is 5.13. The van der Waals surface area contributed by atoms with Crippen molar-refractivity contribution in [1.82, 2.24) is 14.9 Å². The highest BCUT2D eigenvalue weighted by atomic mass is 35.5. The Balaban J connectivity index is 1.36. The van der Waals surface area contributed by atoms with Gasteiger partial charge in [-0.3, -0.25) is 4.90 Å². The van der Waals surface area contributed by atoms with Gasteiger partial charge in [-0.25, -0.2) is 9.97 Å². The summed E-state index contributed by atoms with van der Waals surface area (Å²) in [7, 11) is 1.61. The van der Waals surface area contributed by atoms with Gasteiger partial charge in [0.2, 0.25) is 0 Å². The number of fused-ring (bicyclic) bond motifs is 1. The number of benzene rings is 1. The van der Waals surface area contributed by atoms with E-state index in [1.165, 1.54) is 6.33 Å². The standard InChI is InChI=1S/C18H22ClN3O4/c1-23-15-10-13-14(20-12-21-17(13)19)11-16(15)24-7-6-22-4-2-18(3-5-22)25-8-9-26-18/h10-12H,2-9H2,1H3. The van der Waals surface area contributed by atoms with E-state index in [1.54, 1.807) is 7.11 Å². The van der Waals surface area contributed by atoms with Crippen LogP contribution in [-0.2, 0) is 9.47 Å². The lowest BCUT2D eigenvalue weighted by Gasteiger charge is -2.37. The zero-order valence-corrected chi connectivity index (χ0v) is 15.5. The third-order valence-electron chi connectivity index (χ3n) is 4.97. The zero-order chi connectivity index (χ0) is 18.0. The number of hydrogen-bond donors (Lipinski definition) is 0. The molecule has 0 aliphatic carbocycles. The van der Waals surface area contributed by atoms with Crippen molar-refractivity contribution in [2.24, 2.45) is 0 Å². The Morgan fingerprint density at radius 2 is 1.92 bits per heavy atom. The van der Waals surface area contributed by atoms with Crippen LogP contribution < -0.4 is 9.47 Å². The van der Waals surface area contributed by atoms with Gasteiger partial charge in [0, 0.05) is 43.9 Å². The molecule has 7 nitrogen and oxygen atoms in total. The maximum atomic E-state index is 6.12. The lowest BCUT2D eigenvalue weighted by molar-refractivity contribution is -0.185. The van der Waals surface area contributed by atoms with Crippen molar-refractivity contribution in [2.45, 2.75) is 18.6 Å². The van der Waals surface area contributed by atoms with Gasteiger partial charge >= 0.3 is 0 Å². The number of nitrogens with zero attached hydrogens (tertiary/aromatic N) is 3. The van der Waals surface area contributed by atoms with Crippen LogP contribution in [0.2, 0.25) is 5.15 Å². The molecule has 0 saturated carbocycles. The monoisotopic (exact) mass is 379 g/mol. The van der Waals surface area contributed by atoms with Crippen LogP contribution in [0.3, 0.4) is 0 Å². The molecule has 26 heavy (non-hydrogen) atoms. The Labute approximate surface area is 157 Å². The highest BCUT2D eigenvalue weighted by Crippen LogP contribution is 2.34. The molecular weight excluding hydrogens is 358 g/mol. The summed E-state index contributed by atoms with van der Waals surface area (Å²) >= 11 is 6.12. The average Bonchev–Trinajstić information content (AvgIpc) is 3.11. The van der Waals surface area contributed by atoms with E-state index < -0.39 is 0 Å². The highest BCUT2D eigenvalue weighted by Gasteiger charge is 2.39. The van der Waals surface area contributed by atoms with E-state index >= 15 is 0 Å². The molecule has 1 aromatic heterocycles. The van der Waals surface area contributed by atoms with Crippen LogP contribution in [0.25, 0.3) is 10.9 Å². The summed E-state index contributed by atoms with van der Waals surface area (Å²) < 4.78 is 22.9. The first-order chi connectivity index (χ1) is 12.7. The number of hydrogen-bond acceptors (Lipinski definition) is 7. The molecule has 140 valence electrons. The number of methoxy groups -OCH3 is 1. The summed E-state index contributed by atoms with van der Waals surface area (Å²) in [5.74, 6) is 0.947. The molecule has 3 heterocycles. The molecule has 2 fully saturated rings. The summed E-state index contributed by atoms with van der Waals surface area (Å²) in [5.41, 5.74) is 0.733. The van der Waals surface area contributed by atoms with Crippen LogP contribution in [0.5, 0.6) is 11.5 Å². The average molecular weight is 380 g/mol. The van der Waals surface area contributed by atoms with Gasteiger partial charge in [-0.15, -0.1) is 0 Å². The van der Waals surface area contributed by atoms with Crippen molar-refractivity contribution in [1.29, 1.82) is 0 Å². The fourth-order valence-corrected chi connectivity index (χ4v) is 3.69. The van der Waals surface area contributed by atoms with Crippen molar-refractivity contribution in [2.75, 3.05) is 46.6 Å². The zero-order valence-electron chi connectivity index (χ0n) is 14.7. The molecule has 0 N–H and O–H groups in total. The second kappa shape index (κ2) is 7.52. The quantitative estimate of drug-likeness (QED) is 0.739. The van der Waals surface area contributed by atoms with Gasteiger partial charge < -0.3 is 18.9 Å². The summed E-state index contributed by atoms with van der Waals surface area (Å²) in [6.45, 7) is 4.70. The molecular formula is C18H22ClN3O4. The van der Waals surface area contributed by atoms with E-state index in [-0.39, 0.29) is 5.79 Å². The number of aromatic nitrogens is 2.